The van der Waals surface area contributed by atoms with Gasteiger partial charge in [-0.25, -0.2) is 9.59 Å². The predicted molar refractivity (Wildman–Crippen MR) is 97.0 cm³/mol. The number of fused-ring (bicyclic) bond motifs is 1. The molecule has 0 aliphatic rings. The lowest BCUT2D eigenvalue weighted by molar-refractivity contribution is -0.147. The van der Waals surface area contributed by atoms with Gasteiger partial charge in [0.05, 0.1) is 11.0 Å². The van der Waals surface area contributed by atoms with E-state index in [9.17, 15) is 14.7 Å². The summed E-state index contributed by atoms with van der Waals surface area (Å²) in [6.07, 6.45) is 3.81. The van der Waals surface area contributed by atoms with Crippen molar-refractivity contribution in [1.29, 1.82) is 0 Å². The van der Waals surface area contributed by atoms with Gasteiger partial charge in [0.2, 0.25) is 0 Å². The van der Waals surface area contributed by atoms with E-state index < -0.39 is 11.5 Å². The number of rotatable bonds is 9. The van der Waals surface area contributed by atoms with Crippen LogP contribution in [-0.2, 0) is 16.9 Å². The van der Waals surface area contributed by atoms with Gasteiger partial charge in [-0.2, -0.15) is 0 Å². The van der Waals surface area contributed by atoms with Crippen molar-refractivity contribution in [3.63, 3.8) is 0 Å². The lowest BCUT2D eigenvalue weighted by atomic mass is 9.94. The SMILES string of the molecule is CCCCCC(C)(C(=O)O)n1c(=O)n(CCCCl)c2ccccc21. The predicted octanol–water partition coefficient (Wildman–Crippen LogP) is 3.81. The van der Waals surface area contributed by atoms with Crippen LogP contribution in [0.15, 0.2) is 29.1 Å². The van der Waals surface area contributed by atoms with Crippen LogP contribution in [0.2, 0.25) is 0 Å². The number of halogens is 1. The molecular weight excluding hydrogens is 328 g/mol. The third-order valence-corrected chi connectivity index (χ3v) is 4.84. The number of unbranched alkanes of at least 4 members (excludes halogenated alkanes) is 2. The van der Waals surface area contributed by atoms with Gasteiger partial charge in [-0.3, -0.25) is 9.13 Å². The zero-order valence-electron chi connectivity index (χ0n) is 14.3. The Hall–Kier alpha value is -1.75. The molecule has 1 aromatic carbocycles. The maximum Gasteiger partial charge on any atom is 0.330 e. The van der Waals surface area contributed by atoms with Gasteiger partial charge in [-0.1, -0.05) is 38.3 Å². The molecule has 0 aliphatic carbocycles. The maximum absolute atomic E-state index is 13.0. The molecule has 24 heavy (non-hydrogen) atoms. The fraction of sp³-hybridized carbons (Fsp3) is 0.556. The summed E-state index contributed by atoms with van der Waals surface area (Å²) < 4.78 is 3.09. The van der Waals surface area contributed by atoms with Gasteiger partial charge in [0.15, 0.2) is 0 Å². The number of imidazole rings is 1. The first-order valence-corrected chi connectivity index (χ1v) is 9.01. The minimum absolute atomic E-state index is 0.275. The largest absolute Gasteiger partial charge is 0.479 e. The van der Waals surface area contributed by atoms with E-state index in [1.54, 1.807) is 11.5 Å². The van der Waals surface area contributed by atoms with Crippen LogP contribution in [0.25, 0.3) is 11.0 Å². The number of alkyl halides is 1. The Bertz CT molecular complexity index is 765. The van der Waals surface area contributed by atoms with Gasteiger partial charge >= 0.3 is 11.7 Å². The summed E-state index contributed by atoms with van der Waals surface area (Å²) in [7, 11) is 0. The van der Waals surface area contributed by atoms with Gasteiger partial charge in [0.25, 0.3) is 0 Å². The second-order valence-electron chi connectivity index (χ2n) is 6.34. The highest BCUT2D eigenvalue weighted by atomic mass is 35.5. The van der Waals surface area contributed by atoms with Crippen molar-refractivity contribution in [2.45, 2.75) is 58.0 Å². The number of nitrogens with zero attached hydrogens (tertiary/aromatic N) is 2. The van der Waals surface area contributed by atoms with E-state index >= 15 is 0 Å². The summed E-state index contributed by atoms with van der Waals surface area (Å²) in [5, 5.41) is 9.86. The van der Waals surface area contributed by atoms with Gasteiger partial charge < -0.3 is 5.11 Å². The van der Waals surface area contributed by atoms with E-state index in [-0.39, 0.29) is 5.69 Å². The number of aryl methyl sites for hydroxylation is 1. The lowest BCUT2D eigenvalue weighted by Gasteiger charge is -2.26. The van der Waals surface area contributed by atoms with Gasteiger partial charge in [0.1, 0.15) is 5.54 Å². The van der Waals surface area contributed by atoms with Crippen LogP contribution in [0.5, 0.6) is 0 Å². The van der Waals surface area contributed by atoms with Crippen molar-refractivity contribution in [1.82, 2.24) is 9.13 Å². The first-order valence-electron chi connectivity index (χ1n) is 8.47. The first-order chi connectivity index (χ1) is 11.5. The van der Waals surface area contributed by atoms with Crippen LogP contribution in [0.3, 0.4) is 0 Å². The minimum atomic E-state index is -1.25. The third kappa shape index (κ3) is 3.36. The molecule has 1 aromatic heterocycles. The number of carboxylic acids is 1. The van der Waals surface area contributed by atoms with Gasteiger partial charge in [-0.05, 0) is 31.9 Å². The average Bonchev–Trinajstić information content (AvgIpc) is 2.85. The van der Waals surface area contributed by atoms with E-state index in [1.807, 2.05) is 24.3 Å². The summed E-state index contributed by atoms with van der Waals surface area (Å²) in [6, 6.07) is 7.36. The van der Waals surface area contributed by atoms with Crippen molar-refractivity contribution < 1.29 is 9.90 Å². The zero-order valence-corrected chi connectivity index (χ0v) is 15.1. The van der Waals surface area contributed by atoms with Crippen LogP contribution in [-0.4, -0.2) is 26.1 Å². The van der Waals surface area contributed by atoms with Crippen LogP contribution >= 0.6 is 11.6 Å². The summed E-state index contributed by atoms with van der Waals surface area (Å²) in [6.45, 7) is 4.20. The van der Waals surface area contributed by atoms with E-state index in [4.69, 9.17) is 11.6 Å². The second-order valence-corrected chi connectivity index (χ2v) is 6.71. The van der Waals surface area contributed by atoms with E-state index in [2.05, 4.69) is 6.92 Å². The lowest BCUT2D eigenvalue weighted by Crippen LogP contribution is -2.45. The van der Waals surface area contributed by atoms with Crippen LogP contribution in [0, 0.1) is 0 Å². The second kappa shape index (κ2) is 7.88. The van der Waals surface area contributed by atoms with Crippen molar-refractivity contribution in [3.8, 4) is 0 Å². The summed E-state index contributed by atoms with van der Waals surface area (Å²) in [4.78, 5) is 25.0. The first kappa shape index (κ1) is 18.6. The molecule has 1 atom stereocenters. The molecule has 132 valence electrons. The van der Waals surface area contributed by atoms with E-state index in [0.29, 0.717) is 30.8 Å². The fourth-order valence-corrected chi connectivity index (χ4v) is 3.27. The molecule has 0 radical (unpaired) electrons. The number of hydrogen-bond donors (Lipinski definition) is 1. The Morgan fingerprint density at radius 1 is 1.21 bits per heavy atom. The number of aromatic nitrogens is 2. The van der Waals surface area contributed by atoms with Crippen molar-refractivity contribution in [3.05, 3.63) is 34.7 Å². The maximum atomic E-state index is 13.0. The Morgan fingerprint density at radius 2 is 1.88 bits per heavy atom. The molecule has 2 rings (SSSR count). The smallest absolute Gasteiger partial charge is 0.330 e. The minimum Gasteiger partial charge on any atom is -0.479 e. The topological polar surface area (TPSA) is 64.2 Å². The Labute approximate surface area is 146 Å². The molecule has 0 saturated carbocycles. The van der Waals surface area contributed by atoms with Crippen molar-refractivity contribution >= 4 is 28.6 Å². The molecule has 1 heterocycles. The zero-order chi connectivity index (χ0) is 17.7. The molecule has 0 saturated heterocycles. The molecule has 0 fully saturated rings. The van der Waals surface area contributed by atoms with Crippen LogP contribution < -0.4 is 5.69 Å². The number of benzene rings is 1. The van der Waals surface area contributed by atoms with Crippen LogP contribution in [0.4, 0.5) is 0 Å². The summed E-state index contributed by atoms with van der Waals surface area (Å²) in [5.74, 6) is -0.514. The fourth-order valence-electron chi connectivity index (χ4n) is 3.15. The van der Waals surface area contributed by atoms with Crippen molar-refractivity contribution in [2.75, 3.05) is 5.88 Å². The third-order valence-electron chi connectivity index (χ3n) is 4.57. The molecule has 6 heteroatoms. The molecule has 0 bridgehead atoms. The molecule has 0 amide bonds. The number of hydrogen-bond acceptors (Lipinski definition) is 2. The summed E-state index contributed by atoms with van der Waals surface area (Å²) in [5.41, 5.74) is -0.102. The van der Waals surface area contributed by atoms with E-state index in [0.717, 1.165) is 24.8 Å². The molecule has 1 unspecified atom stereocenters. The highest BCUT2D eigenvalue weighted by Gasteiger charge is 2.38. The molecule has 0 aliphatic heterocycles. The standard InChI is InChI=1S/C18H25ClN2O3/c1-3-4-7-11-18(2,16(22)23)21-15-10-6-5-9-14(15)20(17(21)24)13-8-12-19/h5-6,9-10H,3-4,7-8,11-13H2,1-2H3,(H,22,23). The Balaban J connectivity index is 2.62. The quantitative estimate of drug-likeness (QED) is 0.551. The normalized spacial score (nSPS) is 14.0. The van der Waals surface area contributed by atoms with E-state index in [1.165, 1.54) is 4.57 Å². The Morgan fingerprint density at radius 3 is 2.46 bits per heavy atom. The molecule has 2 aromatic rings. The molecule has 5 nitrogen and oxygen atoms in total. The van der Waals surface area contributed by atoms with Crippen molar-refractivity contribution in [2.24, 2.45) is 0 Å². The number of carbonyl (C=O) groups is 1. The summed E-state index contributed by atoms with van der Waals surface area (Å²) >= 11 is 5.77. The molecular formula is C18H25ClN2O3. The number of para-hydroxylation sites is 2. The van der Waals surface area contributed by atoms with Gasteiger partial charge in [0, 0.05) is 12.4 Å². The Kier molecular flexibility index (Phi) is 6.10. The number of carboxylic acid groups (broad SMARTS) is 1. The monoisotopic (exact) mass is 352 g/mol. The average molecular weight is 353 g/mol. The highest BCUT2D eigenvalue weighted by molar-refractivity contribution is 6.17. The van der Waals surface area contributed by atoms with Gasteiger partial charge in [-0.15, -0.1) is 11.6 Å². The highest BCUT2D eigenvalue weighted by Crippen LogP contribution is 2.27. The molecule has 1 N–H and O–H groups in total. The molecule has 0 spiro atoms. The van der Waals surface area contributed by atoms with Crippen LogP contribution in [0.1, 0.15) is 46.0 Å². The number of aliphatic carboxylic acids is 1.